The topological polar surface area (TPSA) is 74.4 Å². The molecular weight excluding hydrogens is 379 g/mol. The molecular formula is C18H13BF4N2O3. The fourth-order valence-electron chi connectivity index (χ4n) is 1.87. The van der Waals surface area contributed by atoms with Gasteiger partial charge in [-0.1, -0.05) is 36.4 Å². The first-order valence-corrected chi connectivity index (χ1v) is 7.76. The second-order valence-corrected chi connectivity index (χ2v) is 5.11. The molecule has 0 spiro atoms. The Morgan fingerprint density at radius 2 is 1.14 bits per heavy atom. The highest BCUT2D eigenvalue weighted by Gasteiger charge is 2.24. The molecule has 5 nitrogen and oxygen atoms in total. The Morgan fingerprint density at radius 3 is 1.57 bits per heavy atom. The summed E-state index contributed by atoms with van der Waals surface area (Å²) in [6, 6.07) is 19.4. The van der Waals surface area contributed by atoms with E-state index in [9.17, 15) is 17.6 Å². The van der Waals surface area contributed by atoms with Crippen molar-refractivity contribution in [2.75, 3.05) is 0 Å². The minimum absolute atomic E-state index is 0.0239. The molecule has 3 aromatic rings. The first-order valence-electron chi connectivity index (χ1n) is 7.76. The van der Waals surface area contributed by atoms with Gasteiger partial charge in [0, 0.05) is 6.07 Å². The van der Waals surface area contributed by atoms with Crippen LogP contribution in [-0.2, 0) is 0 Å². The number of halogens is 4. The van der Waals surface area contributed by atoms with Crippen molar-refractivity contribution in [1.82, 2.24) is 0 Å². The van der Waals surface area contributed by atoms with Crippen molar-refractivity contribution < 1.29 is 32.3 Å². The van der Waals surface area contributed by atoms with Gasteiger partial charge in [-0.3, -0.25) is 0 Å². The maximum atomic E-state index is 12.7. The molecule has 2 N–H and O–H groups in total. The average molecular weight is 392 g/mol. The van der Waals surface area contributed by atoms with Crippen LogP contribution < -0.4 is 4.65 Å². The van der Waals surface area contributed by atoms with Crippen molar-refractivity contribution >= 4 is 18.7 Å². The SMILES string of the molecule is OB(O)Oc1c(F)cc(F)c(F)c1F.c1ccc(N=Nc2ccccc2)cc1. The first kappa shape index (κ1) is 21.1. The van der Waals surface area contributed by atoms with Crippen molar-refractivity contribution in [3.63, 3.8) is 0 Å². The van der Waals surface area contributed by atoms with Gasteiger partial charge < -0.3 is 14.7 Å². The Balaban J connectivity index is 0.000000200. The molecule has 0 atom stereocenters. The molecule has 28 heavy (non-hydrogen) atoms. The van der Waals surface area contributed by atoms with E-state index in [1.807, 2.05) is 60.7 Å². The van der Waals surface area contributed by atoms with Gasteiger partial charge in [0.2, 0.25) is 5.82 Å². The Hall–Kier alpha value is -3.24. The quantitative estimate of drug-likeness (QED) is 0.222. The van der Waals surface area contributed by atoms with Crippen LogP contribution in [0.3, 0.4) is 0 Å². The molecule has 0 aromatic heterocycles. The van der Waals surface area contributed by atoms with Gasteiger partial charge in [0.15, 0.2) is 23.2 Å². The van der Waals surface area contributed by atoms with Crippen LogP contribution in [0.25, 0.3) is 0 Å². The maximum absolute atomic E-state index is 12.7. The molecule has 0 aliphatic heterocycles. The third-order valence-electron chi connectivity index (χ3n) is 3.09. The first-order chi connectivity index (χ1) is 13.4. The van der Waals surface area contributed by atoms with Crippen LogP contribution in [0.5, 0.6) is 5.75 Å². The van der Waals surface area contributed by atoms with E-state index in [0.717, 1.165) is 11.4 Å². The second kappa shape index (κ2) is 10.2. The minimum atomic E-state index is -2.52. The molecule has 10 heteroatoms. The lowest BCUT2D eigenvalue weighted by molar-refractivity contribution is 0.269. The van der Waals surface area contributed by atoms with Crippen molar-refractivity contribution in [2.45, 2.75) is 0 Å². The summed E-state index contributed by atoms with van der Waals surface area (Å²) in [5.74, 6) is -8.62. The third kappa shape index (κ3) is 6.18. The van der Waals surface area contributed by atoms with E-state index in [1.54, 1.807) is 0 Å². The minimum Gasteiger partial charge on any atom is -0.507 e. The number of benzene rings is 3. The fraction of sp³-hybridized carbons (Fsp3) is 0. The normalized spacial score (nSPS) is 10.4. The summed E-state index contributed by atoms with van der Waals surface area (Å²) >= 11 is 0. The molecule has 3 rings (SSSR count). The molecule has 0 saturated heterocycles. The maximum Gasteiger partial charge on any atom is 0.707 e. The van der Waals surface area contributed by atoms with Gasteiger partial charge in [0.1, 0.15) is 0 Å². The zero-order valence-electron chi connectivity index (χ0n) is 14.1. The van der Waals surface area contributed by atoms with Crippen LogP contribution in [0.1, 0.15) is 0 Å². The second-order valence-electron chi connectivity index (χ2n) is 5.11. The van der Waals surface area contributed by atoms with Crippen LogP contribution >= 0.6 is 0 Å². The Bertz CT molecular complexity index is 888. The Labute approximate surface area is 157 Å². The Kier molecular flexibility index (Phi) is 7.67. The van der Waals surface area contributed by atoms with E-state index in [2.05, 4.69) is 14.9 Å². The lowest BCUT2D eigenvalue weighted by atomic mass is 10.2. The van der Waals surface area contributed by atoms with Gasteiger partial charge in [0.25, 0.3) is 0 Å². The van der Waals surface area contributed by atoms with Gasteiger partial charge in [-0.15, -0.1) is 0 Å². The summed E-state index contributed by atoms with van der Waals surface area (Å²) in [6.07, 6.45) is 0. The number of rotatable bonds is 4. The molecule has 0 bridgehead atoms. The smallest absolute Gasteiger partial charge is 0.507 e. The highest BCUT2D eigenvalue weighted by atomic mass is 19.2. The molecule has 0 fully saturated rings. The van der Waals surface area contributed by atoms with Crippen molar-refractivity contribution in [1.29, 1.82) is 0 Å². The summed E-state index contributed by atoms with van der Waals surface area (Å²) in [5.41, 5.74) is 1.74. The summed E-state index contributed by atoms with van der Waals surface area (Å²) in [6.45, 7) is 0. The summed E-state index contributed by atoms with van der Waals surface area (Å²) in [4.78, 5) is 0. The largest absolute Gasteiger partial charge is 0.707 e. The monoisotopic (exact) mass is 392 g/mol. The summed E-state index contributed by atoms with van der Waals surface area (Å²) < 4.78 is 53.9. The molecule has 0 heterocycles. The standard InChI is InChI=1S/C12H10N2.C6H3BF4O3/c1-3-7-11(8-4-1)13-14-12-9-5-2-6-10-12;8-2-1-3(9)6(14-7(12)13)5(11)4(2)10/h1-10H;1,12-13H. The molecule has 0 amide bonds. The highest BCUT2D eigenvalue weighted by Crippen LogP contribution is 2.26. The van der Waals surface area contributed by atoms with Crippen molar-refractivity contribution in [2.24, 2.45) is 10.2 Å². The Morgan fingerprint density at radius 1 is 0.679 bits per heavy atom. The van der Waals surface area contributed by atoms with Crippen LogP contribution in [-0.4, -0.2) is 17.4 Å². The van der Waals surface area contributed by atoms with E-state index < -0.39 is 36.3 Å². The van der Waals surface area contributed by atoms with Gasteiger partial charge in [-0.2, -0.15) is 14.6 Å². The van der Waals surface area contributed by atoms with E-state index in [0.29, 0.717) is 0 Å². The van der Waals surface area contributed by atoms with Gasteiger partial charge in [-0.25, -0.2) is 13.2 Å². The highest BCUT2D eigenvalue weighted by molar-refractivity contribution is 6.33. The van der Waals surface area contributed by atoms with Crippen LogP contribution in [0, 0.1) is 23.3 Å². The van der Waals surface area contributed by atoms with Crippen LogP contribution in [0.2, 0.25) is 0 Å². The number of hydrogen-bond acceptors (Lipinski definition) is 5. The van der Waals surface area contributed by atoms with Crippen LogP contribution in [0.15, 0.2) is 77.0 Å². The predicted octanol–water partition coefficient (Wildman–Crippen LogP) is 4.69. The molecule has 0 unspecified atom stereocenters. The van der Waals surface area contributed by atoms with Gasteiger partial charge in [-0.05, 0) is 24.3 Å². The van der Waals surface area contributed by atoms with E-state index in [4.69, 9.17) is 10.0 Å². The van der Waals surface area contributed by atoms with Crippen LogP contribution in [0.4, 0.5) is 28.9 Å². The summed E-state index contributed by atoms with van der Waals surface area (Å²) in [5, 5.41) is 24.6. The molecule has 0 saturated carbocycles. The molecule has 0 aliphatic carbocycles. The lowest BCUT2D eigenvalue weighted by Crippen LogP contribution is -2.22. The van der Waals surface area contributed by atoms with E-state index >= 15 is 0 Å². The lowest BCUT2D eigenvalue weighted by Gasteiger charge is -2.07. The zero-order chi connectivity index (χ0) is 20.5. The molecule has 3 aromatic carbocycles. The van der Waals surface area contributed by atoms with Crippen molar-refractivity contribution in [3.05, 3.63) is 90.0 Å². The molecule has 144 valence electrons. The average Bonchev–Trinajstić information content (AvgIpc) is 2.70. The number of nitrogens with zero attached hydrogens (tertiary/aromatic N) is 2. The third-order valence-corrected chi connectivity index (χ3v) is 3.09. The van der Waals surface area contributed by atoms with Gasteiger partial charge >= 0.3 is 7.32 Å². The van der Waals surface area contributed by atoms with E-state index in [1.165, 1.54) is 0 Å². The predicted molar refractivity (Wildman–Crippen MR) is 94.2 cm³/mol. The van der Waals surface area contributed by atoms with Gasteiger partial charge in [0.05, 0.1) is 11.4 Å². The van der Waals surface area contributed by atoms with E-state index in [-0.39, 0.29) is 6.07 Å². The molecule has 0 aliphatic rings. The summed E-state index contributed by atoms with van der Waals surface area (Å²) in [7, 11) is -2.52. The number of azo groups is 1. The van der Waals surface area contributed by atoms with Crippen molar-refractivity contribution in [3.8, 4) is 5.75 Å². The fourth-order valence-corrected chi connectivity index (χ4v) is 1.87. The number of hydrogen-bond donors (Lipinski definition) is 2. The molecule has 0 radical (unpaired) electrons. The zero-order valence-corrected chi connectivity index (χ0v) is 14.1.